The van der Waals surface area contributed by atoms with Gasteiger partial charge in [0.1, 0.15) is 5.69 Å². The molecule has 0 aliphatic heterocycles. The predicted molar refractivity (Wildman–Crippen MR) is 73.3 cm³/mol. The first-order valence-corrected chi connectivity index (χ1v) is 6.31. The van der Waals surface area contributed by atoms with Gasteiger partial charge < -0.3 is 0 Å². The van der Waals surface area contributed by atoms with E-state index < -0.39 is 0 Å². The molecular formula is C13H8BrClN2. The van der Waals surface area contributed by atoms with Gasteiger partial charge in [-0.15, -0.1) is 0 Å². The molecule has 0 fully saturated rings. The van der Waals surface area contributed by atoms with Gasteiger partial charge in [-0.2, -0.15) is 5.10 Å². The lowest BCUT2D eigenvalue weighted by Gasteiger charge is -1.95. The van der Waals surface area contributed by atoms with Gasteiger partial charge in [0.25, 0.3) is 0 Å². The number of aromatic nitrogens is 2. The second-order valence-corrected chi connectivity index (χ2v) is 4.94. The van der Waals surface area contributed by atoms with Crippen molar-refractivity contribution in [3.05, 3.63) is 58.2 Å². The molecule has 2 nitrogen and oxygen atoms in total. The van der Waals surface area contributed by atoms with Crippen LogP contribution < -0.4 is 0 Å². The fourth-order valence-corrected chi connectivity index (χ4v) is 2.55. The molecule has 0 bridgehead atoms. The summed E-state index contributed by atoms with van der Waals surface area (Å²) in [5, 5.41) is 5.20. The molecule has 3 rings (SSSR count). The number of halogens is 2. The van der Waals surface area contributed by atoms with E-state index in [9.17, 15) is 0 Å². The van der Waals surface area contributed by atoms with Crippen LogP contribution in [0.5, 0.6) is 0 Å². The molecule has 2 heterocycles. The Bertz CT molecular complexity index is 676. The lowest BCUT2D eigenvalue weighted by molar-refractivity contribution is 0.966. The van der Waals surface area contributed by atoms with E-state index in [0.29, 0.717) is 5.02 Å². The van der Waals surface area contributed by atoms with Crippen molar-refractivity contribution >= 4 is 33.0 Å². The fraction of sp³-hybridized carbons (Fsp3) is 0. The average Bonchev–Trinajstić information content (AvgIpc) is 2.67. The van der Waals surface area contributed by atoms with Crippen LogP contribution in [0.1, 0.15) is 0 Å². The predicted octanol–water partition coefficient (Wildman–Crippen LogP) is 4.42. The molecular weight excluding hydrogens is 300 g/mol. The fourth-order valence-electron chi connectivity index (χ4n) is 1.77. The van der Waals surface area contributed by atoms with Gasteiger partial charge in [0, 0.05) is 11.8 Å². The van der Waals surface area contributed by atoms with Crippen molar-refractivity contribution in [3.8, 4) is 11.3 Å². The summed E-state index contributed by atoms with van der Waals surface area (Å²) in [4.78, 5) is 0. The van der Waals surface area contributed by atoms with Crippen molar-refractivity contribution in [1.82, 2.24) is 9.61 Å². The highest BCUT2D eigenvalue weighted by molar-refractivity contribution is 9.10. The van der Waals surface area contributed by atoms with Crippen molar-refractivity contribution < 1.29 is 0 Å². The number of hydrogen-bond acceptors (Lipinski definition) is 1. The van der Waals surface area contributed by atoms with Crippen molar-refractivity contribution in [2.75, 3.05) is 0 Å². The minimum Gasteiger partial charge on any atom is -0.238 e. The Labute approximate surface area is 112 Å². The van der Waals surface area contributed by atoms with Gasteiger partial charge in [0.05, 0.1) is 15.0 Å². The summed E-state index contributed by atoms with van der Waals surface area (Å²) in [7, 11) is 0. The first kappa shape index (κ1) is 10.8. The zero-order valence-electron chi connectivity index (χ0n) is 8.77. The molecule has 3 aromatic rings. The first-order chi connectivity index (χ1) is 8.25. The second kappa shape index (κ2) is 4.17. The van der Waals surface area contributed by atoms with Crippen LogP contribution in [0, 0.1) is 0 Å². The third-order valence-corrected chi connectivity index (χ3v) is 3.59. The van der Waals surface area contributed by atoms with Crippen LogP contribution in [0.15, 0.2) is 53.1 Å². The van der Waals surface area contributed by atoms with Crippen LogP contribution in [0.3, 0.4) is 0 Å². The highest BCUT2D eigenvalue weighted by Gasteiger charge is 2.11. The van der Waals surface area contributed by atoms with E-state index >= 15 is 0 Å². The molecule has 0 atom stereocenters. The molecule has 0 aliphatic rings. The standard InChI is InChI=1S/C13H8BrClN2/c14-12-11-7-6-10(15)8-17(11)16-13(12)9-4-2-1-3-5-9/h1-8H. The van der Waals surface area contributed by atoms with Gasteiger partial charge in [-0.05, 0) is 28.1 Å². The summed E-state index contributed by atoms with van der Waals surface area (Å²) in [5.41, 5.74) is 3.01. The van der Waals surface area contributed by atoms with E-state index in [-0.39, 0.29) is 0 Å². The molecule has 84 valence electrons. The van der Waals surface area contributed by atoms with E-state index in [1.54, 1.807) is 10.7 Å². The van der Waals surface area contributed by atoms with E-state index in [1.165, 1.54) is 0 Å². The normalized spacial score (nSPS) is 10.9. The third kappa shape index (κ3) is 1.85. The number of nitrogens with zero attached hydrogens (tertiary/aromatic N) is 2. The Morgan fingerprint density at radius 2 is 1.82 bits per heavy atom. The molecule has 2 aromatic heterocycles. The van der Waals surface area contributed by atoms with Crippen molar-refractivity contribution in [3.63, 3.8) is 0 Å². The molecule has 0 unspecified atom stereocenters. The zero-order valence-corrected chi connectivity index (χ0v) is 11.1. The highest BCUT2D eigenvalue weighted by atomic mass is 79.9. The zero-order chi connectivity index (χ0) is 11.8. The summed E-state index contributed by atoms with van der Waals surface area (Å²) in [6.07, 6.45) is 1.80. The van der Waals surface area contributed by atoms with E-state index in [0.717, 1.165) is 21.2 Å². The molecule has 0 aliphatic carbocycles. The molecule has 0 saturated heterocycles. The van der Waals surface area contributed by atoms with Crippen molar-refractivity contribution in [2.24, 2.45) is 0 Å². The topological polar surface area (TPSA) is 17.3 Å². The van der Waals surface area contributed by atoms with Crippen molar-refractivity contribution in [2.45, 2.75) is 0 Å². The van der Waals surface area contributed by atoms with Crippen LogP contribution >= 0.6 is 27.5 Å². The number of rotatable bonds is 1. The van der Waals surface area contributed by atoms with Crippen LogP contribution in [0.4, 0.5) is 0 Å². The van der Waals surface area contributed by atoms with E-state index in [1.807, 2.05) is 42.5 Å². The molecule has 4 heteroatoms. The maximum absolute atomic E-state index is 5.95. The molecule has 17 heavy (non-hydrogen) atoms. The lowest BCUT2D eigenvalue weighted by atomic mass is 10.1. The minimum absolute atomic E-state index is 0.673. The second-order valence-electron chi connectivity index (χ2n) is 3.71. The molecule has 0 amide bonds. The molecule has 1 aromatic carbocycles. The largest absolute Gasteiger partial charge is 0.238 e. The summed E-state index contributed by atoms with van der Waals surface area (Å²) in [6.45, 7) is 0. The summed E-state index contributed by atoms with van der Waals surface area (Å²) < 4.78 is 2.77. The minimum atomic E-state index is 0.673. The summed E-state index contributed by atoms with van der Waals surface area (Å²) in [6, 6.07) is 13.9. The number of benzene rings is 1. The maximum Gasteiger partial charge on any atom is 0.108 e. The Morgan fingerprint density at radius 1 is 1.06 bits per heavy atom. The number of hydrogen-bond donors (Lipinski definition) is 0. The van der Waals surface area contributed by atoms with Crippen LogP contribution in [0.2, 0.25) is 5.02 Å². The molecule has 0 spiro atoms. The van der Waals surface area contributed by atoms with E-state index in [4.69, 9.17) is 11.6 Å². The SMILES string of the molecule is Clc1ccc2c(Br)c(-c3ccccc3)nn2c1. The maximum atomic E-state index is 5.95. The van der Waals surface area contributed by atoms with Crippen LogP contribution in [0.25, 0.3) is 16.8 Å². The first-order valence-electron chi connectivity index (χ1n) is 5.14. The smallest absolute Gasteiger partial charge is 0.108 e. The van der Waals surface area contributed by atoms with Gasteiger partial charge in [-0.3, -0.25) is 0 Å². The van der Waals surface area contributed by atoms with Gasteiger partial charge in [0.15, 0.2) is 0 Å². The van der Waals surface area contributed by atoms with Gasteiger partial charge in [0.2, 0.25) is 0 Å². The van der Waals surface area contributed by atoms with Crippen LogP contribution in [-0.2, 0) is 0 Å². The molecule has 0 saturated carbocycles. The van der Waals surface area contributed by atoms with Crippen molar-refractivity contribution in [1.29, 1.82) is 0 Å². The number of fused-ring (bicyclic) bond motifs is 1. The highest BCUT2D eigenvalue weighted by Crippen LogP contribution is 2.31. The lowest BCUT2D eigenvalue weighted by Crippen LogP contribution is -1.85. The van der Waals surface area contributed by atoms with Crippen LogP contribution in [-0.4, -0.2) is 9.61 Å². The third-order valence-electron chi connectivity index (χ3n) is 2.58. The summed E-state index contributed by atoms with van der Waals surface area (Å²) >= 11 is 9.54. The number of pyridine rings is 1. The Balaban J connectivity index is 2.28. The summed E-state index contributed by atoms with van der Waals surface area (Å²) in [5.74, 6) is 0. The van der Waals surface area contributed by atoms with E-state index in [2.05, 4.69) is 21.0 Å². The Hall–Kier alpha value is -1.32. The quantitative estimate of drug-likeness (QED) is 0.650. The Kier molecular flexibility index (Phi) is 2.65. The average molecular weight is 308 g/mol. The van der Waals surface area contributed by atoms with Gasteiger partial charge in [-0.1, -0.05) is 41.9 Å². The van der Waals surface area contributed by atoms with Gasteiger partial charge in [-0.25, -0.2) is 4.52 Å². The van der Waals surface area contributed by atoms with Gasteiger partial charge >= 0.3 is 0 Å². The monoisotopic (exact) mass is 306 g/mol. The Morgan fingerprint density at radius 3 is 2.59 bits per heavy atom. The molecule has 0 N–H and O–H groups in total. The molecule has 0 radical (unpaired) electrons.